The lowest BCUT2D eigenvalue weighted by Crippen LogP contribution is -2.26. The average molecular weight is 817 g/mol. The van der Waals surface area contributed by atoms with Crippen molar-refractivity contribution in [2.24, 2.45) is 0 Å². The summed E-state index contributed by atoms with van der Waals surface area (Å²) in [5.74, 6) is -2.49. The number of nitrogens with two attached hydrogens (primary N) is 2. The van der Waals surface area contributed by atoms with Crippen molar-refractivity contribution >= 4 is 69.6 Å². The van der Waals surface area contributed by atoms with E-state index in [2.05, 4.69) is 31.9 Å². The molecule has 6 rings (SSSR count). The first-order valence-corrected chi connectivity index (χ1v) is 19.4. The Kier molecular flexibility index (Phi) is 14.2. The van der Waals surface area contributed by atoms with Gasteiger partial charge in [-0.25, -0.2) is 0 Å². The molecule has 6 aromatic rings. The van der Waals surface area contributed by atoms with Gasteiger partial charge in [-0.3, -0.25) is 28.8 Å². The van der Waals surface area contributed by atoms with Crippen molar-refractivity contribution in [3.8, 4) is 0 Å². The van der Waals surface area contributed by atoms with Crippen LogP contribution in [0.5, 0.6) is 0 Å². The number of nitrogen functional groups attached to an aromatic ring is 2. The summed E-state index contributed by atoms with van der Waals surface area (Å²) in [4.78, 5) is 78.6. The molecule has 0 aliphatic heterocycles. The molecular weight excluding hydrogens is 773 g/mol. The number of hydrogen-bond acceptors (Lipinski definition) is 8. The SMILES string of the molecule is Nc1cccc(C(=O)Nc2cc(NC(=O)c3ccccc3)cc(C(=O)NCCCCCNC(=O)c3cc(NC(=O)c4ccccc4)cc(NC(=O)c4cccc(N)c4)c3)c2)c1. The molecule has 10 N–H and O–H groups in total. The first kappa shape index (κ1) is 42.3. The fourth-order valence-corrected chi connectivity index (χ4v) is 6.19. The van der Waals surface area contributed by atoms with Crippen LogP contribution in [0.25, 0.3) is 0 Å². The number of carbonyl (C=O) groups excluding carboxylic acids is 6. The van der Waals surface area contributed by atoms with Crippen molar-refractivity contribution in [1.82, 2.24) is 10.6 Å². The first-order chi connectivity index (χ1) is 29.5. The Morgan fingerprint density at radius 2 is 0.656 bits per heavy atom. The van der Waals surface area contributed by atoms with Gasteiger partial charge in [0.1, 0.15) is 0 Å². The van der Waals surface area contributed by atoms with Crippen LogP contribution in [0.15, 0.2) is 146 Å². The molecule has 0 fully saturated rings. The number of rotatable bonds is 16. The van der Waals surface area contributed by atoms with Crippen LogP contribution < -0.4 is 43.4 Å². The lowest BCUT2D eigenvalue weighted by atomic mass is 10.1. The van der Waals surface area contributed by atoms with Crippen molar-refractivity contribution in [3.63, 3.8) is 0 Å². The molecule has 61 heavy (non-hydrogen) atoms. The van der Waals surface area contributed by atoms with Gasteiger partial charge in [0.15, 0.2) is 0 Å². The number of anilines is 6. The summed E-state index contributed by atoms with van der Waals surface area (Å²) in [7, 11) is 0. The minimum absolute atomic E-state index is 0.214. The zero-order valence-corrected chi connectivity index (χ0v) is 33.0. The Morgan fingerprint density at radius 1 is 0.328 bits per heavy atom. The third-order valence-electron chi connectivity index (χ3n) is 9.22. The minimum atomic E-state index is -0.443. The molecule has 0 bridgehead atoms. The molecule has 0 aromatic heterocycles. The van der Waals surface area contributed by atoms with Crippen molar-refractivity contribution < 1.29 is 28.8 Å². The lowest BCUT2D eigenvalue weighted by Gasteiger charge is -2.13. The monoisotopic (exact) mass is 816 g/mol. The van der Waals surface area contributed by atoms with E-state index in [-0.39, 0.29) is 22.9 Å². The molecule has 14 nitrogen and oxygen atoms in total. The van der Waals surface area contributed by atoms with Crippen LogP contribution in [0.2, 0.25) is 0 Å². The topological polar surface area (TPSA) is 227 Å². The molecular formula is C47H44N8O6. The molecule has 0 saturated carbocycles. The molecule has 308 valence electrons. The Labute approximate surface area is 352 Å². The van der Waals surface area contributed by atoms with Crippen LogP contribution in [0.3, 0.4) is 0 Å². The van der Waals surface area contributed by atoms with Crippen LogP contribution in [0.4, 0.5) is 34.1 Å². The highest BCUT2D eigenvalue weighted by Crippen LogP contribution is 2.23. The summed E-state index contributed by atoms with van der Waals surface area (Å²) in [6, 6.07) is 39.3. The summed E-state index contributed by atoms with van der Waals surface area (Å²) in [5.41, 5.74) is 15.7. The highest BCUT2D eigenvalue weighted by Gasteiger charge is 2.16. The number of carbonyl (C=O) groups is 6. The highest BCUT2D eigenvalue weighted by molar-refractivity contribution is 6.09. The quantitative estimate of drug-likeness (QED) is 0.0368. The molecule has 0 saturated heterocycles. The third kappa shape index (κ3) is 12.4. The number of amides is 6. The van der Waals surface area contributed by atoms with Gasteiger partial charge in [0.25, 0.3) is 35.4 Å². The average Bonchev–Trinajstić information content (AvgIpc) is 3.26. The maximum absolute atomic E-state index is 13.3. The largest absolute Gasteiger partial charge is 0.399 e. The summed E-state index contributed by atoms with van der Waals surface area (Å²) < 4.78 is 0. The fourth-order valence-electron chi connectivity index (χ4n) is 6.19. The number of benzene rings is 6. The maximum Gasteiger partial charge on any atom is 0.255 e. The molecule has 0 aliphatic carbocycles. The van der Waals surface area contributed by atoms with Gasteiger partial charge in [0.2, 0.25) is 0 Å². The second-order valence-electron chi connectivity index (χ2n) is 14.0. The number of unbranched alkanes of at least 4 members (excludes halogenated alkanes) is 2. The van der Waals surface area contributed by atoms with Gasteiger partial charge in [0.05, 0.1) is 0 Å². The van der Waals surface area contributed by atoms with E-state index >= 15 is 0 Å². The van der Waals surface area contributed by atoms with E-state index in [1.165, 1.54) is 36.4 Å². The van der Waals surface area contributed by atoms with Crippen molar-refractivity contribution in [2.75, 3.05) is 45.8 Å². The third-order valence-corrected chi connectivity index (χ3v) is 9.22. The van der Waals surface area contributed by atoms with Gasteiger partial charge in [-0.2, -0.15) is 0 Å². The summed E-state index contributed by atoms with van der Waals surface area (Å²) in [6.07, 6.45) is 1.84. The Hall–Kier alpha value is -8.26. The highest BCUT2D eigenvalue weighted by atomic mass is 16.2. The van der Waals surface area contributed by atoms with Crippen LogP contribution in [-0.4, -0.2) is 48.5 Å². The molecule has 14 heteroatoms. The van der Waals surface area contributed by atoms with Gasteiger partial charge in [-0.05, 0) is 116 Å². The second kappa shape index (κ2) is 20.4. The van der Waals surface area contributed by atoms with Gasteiger partial charge < -0.3 is 43.4 Å². The molecule has 6 aromatic carbocycles. The van der Waals surface area contributed by atoms with Gasteiger partial charge >= 0.3 is 0 Å². The molecule has 0 spiro atoms. The first-order valence-electron chi connectivity index (χ1n) is 19.4. The Bertz CT molecular complexity index is 2390. The maximum atomic E-state index is 13.3. The van der Waals surface area contributed by atoms with E-state index in [1.807, 2.05) is 0 Å². The van der Waals surface area contributed by atoms with E-state index in [4.69, 9.17) is 11.5 Å². The van der Waals surface area contributed by atoms with Crippen molar-refractivity contribution in [2.45, 2.75) is 19.3 Å². The van der Waals surface area contributed by atoms with Crippen LogP contribution in [0.1, 0.15) is 81.4 Å². The molecule has 0 aliphatic rings. The zero-order valence-electron chi connectivity index (χ0n) is 33.0. The summed E-state index contributed by atoms with van der Waals surface area (Å²) in [5, 5.41) is 16.9. The number of hydrogen-bond donors (Lipinski definition) is 8. The van der Waals surface area contributed by atoms with Crippen LogP contribution in [-0.2, 0) is 0 Å². The molecule has 0 atom stereocenters. The van der Waals surface area contributed by atoms with Gasteiger partial charge in [0, 0.05) is 80.6 Å². The lowest BCUT2D eigenvalue weighted by molar-refractivity contribution is 0.0947. The van der Waals surface area contributed by atoms with E-state index < -0.39 is 23.6 Å². The summed E-state index contributed by atoms with van der Waals surface area (Å²) in [6.45, 7) is 0.634. The second-order valence-corrected chi connectivity index (χ2v) is 14.0. The van der Waals surface area contributed by atoms with Crippen molar-refractivity contribution in [3.05, 3.63) is 179 Å². The van der Waals surface area contributed by atoms with Gasteiger partial charge in [-0.15, -0.1) is 0 Å². The predicted octanol–water partition coefficient (Wildman–Crippen LogP) is 7.19. The molecule has 0 heterocycles. The molecule has 0 unspecified atom stereocenters. The fraction of sp³-hybridized carbons (Fsp3) is 0.106. The van der Waals surface area contributed by atoms with E-state index in [9.17, 15) is 28.8 Å². The standard InChI is InChI=1S/C47H44N8O6/c48-36-18-10-16-32(22-36)46(60)54-40-26-34(24-38(28-40)52-44(58)30-12-4-1-5-13-30)42(56)50-20-8-3-9-21-51-43(57)35-25-39(53-45(59)31-14-6-2-7-15-31)29-41(27-35)55-47(61)33-17-11-19-37(49)23-33/h1-2,4-7,10-19,22-29H,3,8-9,20-21,48-49H2,(H,50,56)(H,51,57)(H,52,58)(H,53,59)(H,54,60)(H,55,61). The smallest absolute Gasteiger partial charge is 0.255 e. The van der Waals surface area contributed by atoms with E-state index in [0.29, 0.717) is 88.7 Å². The van der Waals surface area contributed by atoms with E-state index in [1.54, 1.807) is 109 Å². The number of nitrogens with one attached hydrogen (secondary N) is 6. The summed E-state index contributed by atoms with van der Waals surface area (Å²) >= 11 is 0. The van der Waals surface area contributed by atoms with Crippen molar-refractivity contribution in [1.29, 1.82) is 0 Å². The predicted molar refractivity (Wildman–Crippen MR) is 238 cm³/mol. The zero-order chi connectivity index (χ0) is 43.1. The Balaban J connectivity index is 1.04. The van der Waals surface area contributed by atoms with Crippen LogP contribution >= 0.6 is 0 Å². The van der Waals surface area contributed by atoms with E-state index in [0.717, 1.165) is 0 Å². The van der Waals surface area contributed by atoms with Crippen LogP contribution in [0, 0.1) is 0 Å². The minimum Gasteiger partial charge on any atom is -0.399 e. The van der Waals surface area contributed by atoms with Gasteiger partial charge in [-0.1, -0.05) is 48.5 Å². The molecule has 6 amide bonds. The molecule has 0 radical (unpaired) electrons. The Morgan fingerprint density at radius 3 is 1.00 bits per heavy atom. The normalized spacial score (nSPS) is 10.5.